The molecule has 0 radical (unpaired) electrons. The van der Waals surface area contributed by atoms with E-state index >= 15 is 0 Å². The van der Waals surface area contributed by atoms with Crippen molar-refractivity contribution in [2.24, 2.45) is 0 Å². The standard InChI is InChI=1S/C26H22ClFN2O5/c27-20-10-5-11-21(24(20)28)29-25(33)22(12-13-23(31)32)30-26(34)35-14-19-17-8-3-1-6-15(17)16-7-2-4-9-18(16)19/h1-11,19,22H,12-14H2,(H,29,33)(H,30,34)(H,31,32). The van der Waals surface area contributed by atoms with Gasteiger partial charge in [-0.3, -0.25) is 9.59 Å². The normalized spacial score (nSPS) is 12.9. The number of ether oxygens (including phenoxy) is 1. The summed E-state index contributed by atoms with van der Waals surface area (Å²) >= 11 is 5.75. The van der Waals surface area contributed by atoms with Gasteiger partial charge in [0.1, 0.15) is 12.6 Å². The highest BCUT2D eigenvalue weighted by Crippen LogP contribution is 2.44. The Kier molecular flexibility index (Phi) is 7.31. The van der Waals surface area contributed by atoms with Crippen LogP contribution >= 0.6 is 11.6 Å². The summed E-state index contributed by atoms with van der Waals surface area (Å²) in [5, 5.41) is 13.6. The fourth-order valence-corrected chi connectivity index (χ4v) is 4.31. The molecule has 3 N–H and O–H groups in total. The number of halogens is 2. The van der Waals surface area contributed by atoms with Gasteiger partial charge in [0.25, 0.3) is 0 Å². The van der Waals surface area contributed by atoms with E-state index < -0.39 is 29.8 Å². The van der Waals surface area contributed by atoms with E-state index in [0.717, 1.165) is 22.3 Å². The van der Waals surface area contributed by atoms with Crippen LogP contribution in [0.15, 0.2) is 66.7 Å². The minimum Gasteiger partial charge on any atom is -0.481 e. The number of carboxylic acids is 1. The summed E-state index contributed by atoms with van der Waals surface area (Å²) in [6, 6.07) is 18.5. The maximum Gasteiger partial charge on any atom is 0.407 e. The zero-order chi connectivity index (χ0) is 24.9. The van der Waals surface area contributed by atoms with Crippen LogP contribution in [0, 0.1) is 5.82 Å². The molecule has 0 aliphatic heterocycles. The summed E-state index contributed by atoms with van der Waals surface area (Å²) in [4.78, 5) is 36.4. The van der Waals surface area contributed by atoms with Crippen molar-refractivity contribution < 1.29 is 28.6 Å². The molecule has 0 bridgehead atoms. The molecule has 0 saturated heterocycles. The van der Waals surface area contributed by atoms with Crippen molar-refractivity contribution in [3.63, 3.8) is 0 Å². The zero-order valence-corrected chi connectivity index (χ0v) is 19.2. The van der Waals surface area contributed by atoms with Crippen molar-refractivity contribution in [1.82, 2.24) is 5.32 Å². The molecule has 1 unspecified atom stereocenters. The number of carboxylic acid groups (broad SMARTS) is 1. The summed E-state index contributed by atoms with van der Waals surface area (Å²) in [7, 11) is 0. The lowest BCUT2D eigenvalue weighted by Gasteiger charge is -2.19. The molecule has 0 spiro atoms. The number of hydrogen-bond donors (Lipinski definition) is 3. The Bertz CT molecular complexity index is 1240. The van der Waals surface area contributed by atoms with Gasteiger partial charge in [-0.1, -0.05) is 66.2 Å². The van der Waals surface area contributed by atoms with Crippen molar-refractivity contribution in [3.05, 3.63) is 88.7 Å². The van der Waals surface area contributed by atoms with E-state index in [0.29, 0.717) is 0 Å². The van der Waals surface area contributed by atoms with Gasteiger partial charge < -0.3 is 20.5 Å². The van der Waals surface area contributed by atoms with Crippen LogP contribution in [0.5, 0.6) is 0 Å². The monoisotopic (exact) mass is 496 g/mol. The Morgan fingerprint density at radius 1 is 0.971 bits per heavy atom. The predicted octanol–water partition coefficient (Wildman–Crippen LogP) is 5.19. The molecule has 9 heteroatoms. The first-order chi connectivity index (χ1) is 16.8. The van der Waals surface area contributed by atoms with Gasteiger partial charge in [0.15, 0.2) is 5.82 Å². The second-order valence-electron chi connectivity index (χ2n) is 8.05. The maximum atomic E-state index is 14.2. The van der Waals surface area contributed by atoms with Crippen LogP contribution in [0.25, 0.3) is 11.1 Å². The molecular formula is C26H22ClFN2O5. The number of aliphatic carboxylic acids is 1. The Balaban J connectivity index is 1.44. The fourth-order valence-electron chi connectivity index (χ4n) is 4.14. The first-order valence-corrected chi connectivity index (χ1v) is 11.3. The summed E-state index contributed by atoms with van der Waals surface area (Å²) in [5.74, 6) is -2.95. The molecule has 180 valence electrons. The number of anilines is 1. The highest BCUT2D eigenvalue weighted by atomic mass is 35.5. The smallest absolute Gasteiger partial charge is 0.407 e. The van der Waals surface area contributed by atoms with Crippen molar-refractivity contribution in [2.75, 3.05) is 11.9 Å². The van der Waals surface area contributed by atoms with Crippen molar-refractivity contribution in [1.29, 1.82) is 0 Å². The summed E-state index contributed by atoms with van der Waals surface area (Å²) in [6.07, 6.45) is -1.49. The number of rotatable bonds is 8. The van der Waals surface area contributed by atoms with Crippen molar-refractivity contribution >= 4 is 35.3 Å². The molecule has 0 aromatic heterocycles. The van der Waals surface area contributed by atoms with E-state index in [2.05, 4.69) is 10.6 Å². The molecule has 1 aliphatic carbocycles. The third kappa shape index (κ3) is 5.44. The van der Waals surface area contributed by atoms with Gasteiger partial charge in [-0.25, -0.2) is 9.18 Å². The van der Waals surface area contributed by atoms with Crippen molar-refractivity contribution in [2.45, 2.75) is 24.8 Å². The van der Waals surface area contributed by atoms with E-state index in [1.807, 2.05) is 48.5 Å². The molecule has 0 heterocycles. The van der Waals surface area contributed by atoms with Gasteiger partial charge in [-0.05, 0) is 40.8 Å². The van der Waals surface area contributed by atoms with Crippen LogP contribution in [0.1, 0.15) is 29.9 Å². The van der Waals surface area contributed by atoms with E-state index in [1.165, 1.54) is 18.2 Å². The lowest BCUT2D eigenvalue weighted by atomic mass is 9.98. The Morgan fingerprint density at radius 3 is 2.23 bits per heavy atom. The summed E-state index contributed by atoms with van der Waals surface area (Å²) in [5.41, 5.74) is 4.01. The number of hydrogen-bond acceptors (Lipinski definition) is 4. The molecule has 1 aliphatic rings. The number of carbonyl (C=O) groups is 3. The quantitative estimate of drug-likeness (QED) is 0.398. The molecule has 0 saturated carbocycles. The lowest BCUT2D eigenvalue weighted by molar-refractivity contribution is -0.137. The Morgan fingerprint density at radius 2 is 1.60 bits per heavy atom. The number of amides is 2. The summed E-state index contributed by atoms with van der Waals surface area (Å²) < 4.78 is 19.6. The first kappa shape index (κ1) is 24.2. The van der Waals surface area contributed by atoms with Crippen LogP contribution < -0.4 is 10.6 Å². The fraction of sp³-hybridized carbons (Fsp3) is 0.192. The number of fused-ring (bicyclic) bond motifs is 3. The average Bonchev–Trinajstić information content (AvgIpc) is 3.17. The maximum absolute atomic E-state index is 14.2. The van der Waals surface area contributed by atoms with Crippen molar-refractivity contribution in [3.8, 4) is 11.1 Å². The number of benzene rings is 3. The van der Waals surface area contributed by atoms with Gasteiger partial charge in [0.05, 0.1) is 10.7 Å². The molecule has 4 rings (SSSR count). The molecule has 7 nitrogen and oxygen atoms in total. The van der Waals surface area contributed by atoms with Crippen LogP contribution in [0.2, 0.25) is 5.02 Å². The molecule has 35 heavy (non-hydrogen) atoms. The van der Waals surface area contributed by atoms with Crippen LogP contribution in [-0.2, 0) is 14.3 Å². The second kappa shape index (κ2) is 10.6. The van der Waals surface area contributed by atoms with Crippen LogP contribution in [-0.4, -0.2) is 35.7 Å². The second-order valence-corrected chi connectivity index (χ2v) is 8.45. The van der Waals surface area contributed by atoms with Gasteiger partial charge in [-0.15, -0.1) is 0 Å². The first-order valence-electron chi connectivity index (χ1n) is 10.9. The van der Waals surface area contributed by atoms with Gasteiger partial charge in [0.2, 0.25) is 5.91 Å². The number of alkyl carbamates (subject to hydrolysis) is 1. The third-order valence-corrected chi connectivity index (χ3v) is 6.10. The highest BCUT2D eigenvalue weighted by Gasteiger charge is 2.30. The van der Waals surface area contributed by atoms with E-state index in [-0.39, 0.29) is 36.1 Å². The molecule has 2 amide bonds. The SMILES string of the molecule is O=C(O)CCC(NC(=O)OCC1c2ccccc2-c2ccccc21)C(=O)Nc1cccc(Cl)c1F. The Labute approximate surface area is 205 Å². The number of nitrogens with one attached hydrogen (secondary N) is 2. The topological polar surface area (TPSA) is 105 Å². The predicted molar refractivity (Wildman–Crippen MR) is 129 cm³/mol. The summed E-state index contributed by atoms with van der Waals surface area (Å²) in [6.45, 7) is 0.0239. The van der Waals surface area contributed by atoms with Crippen LogP contribution in [0.3, 0.4) is 0 Å². The molecule has 1 atom stereocenters. The lowest BCUT2D eigenvalue weighted by Crippen LogP contribution is -2.44. The molecule has 3 aromatic carbocycles. The average molecular weight is 497 g/mol. The van der Waals surface area contributed by atoms with E-state index in [1.54, 1.807) is 0 Å². The van der Waals surface area contributed by atoms with E-state index in [9.17, 15) is 18.8 Å². The zero-order valence-electron chi connectivity index (χ0n) is 18.5. The van der Waals surface area contributed by atoms with Gasteiger partial charge in [0, 0.05) is 12.3 Å². The minimum absolute atomic E-state index is 0.0239. The van der Waals surface area contributed by atoms with E-state index in [4.69, 9.17) is 21.4 Å². The molecule has 3 aromatic rings. The minimum atomic E-state index is -1.26. The molecule has 0 fully saturated rings. The molecular weight excluding hydrogens is 475 g/mol. The third-order valence-electron chi connectivity index (χ3n) is 5.81. The Hall–Kier alpha value is -3.91. The van der Waals surface area contributed by atoms with Crippen LogP contribution in [0.4, 0.5) is 14.9 Å². The number of carbonyl (C=O) groups excluding carboxylic acids is 2. The highest BCUT2D eigenvalue weighted by molar-refractivity contribution is 6.31. The van der Waals surface area contributed by atoms with Gasteiger partial charge >= 0.3 is 12.1 Å². The van der Waals surface area contributed by atoms with Gasteiger partial charge in [-0.2, -0.15) is 0 Å². The largest absolute Gasteiger partial charge is 0.481 e.